The molecule has 0 spiro atoms. The first kappa shape index (κ1) is 40.7. The zero-order chi connectivity index (χ0) is 33.8. The zero-order valence-electron chi connectivity index (χ0n) is 26.5. The topological polar surface area (TPSA) is 241 Å². The molecule has 23 heteroatoms. The fourth-order valence-electron chi connectivity index (χ4n) is 4.26. The van der Waals surface area contributed by atoms with E-state index in [-0.39, 0.29) is 111 Å². The third-order valence-corrected chi connectivity index (χ3v) is 8.38. The molecule has 3 heterocycles. The van der Waals surface area contributed by atoms with Crippen LogP contribution in [0.5, 0.6) is 12.0 Å². The average Bonchev–Trinajstić information content (AvgIpc) is 3.03. The van der Waals surface area contributed by atoms with Crippen molar-refractivity contribution in [3.8, 4) is 12.0 Å². The number of methoxy groups -OCH3 is 2. The van der Waals surface area contributed by atoms with Gasteiger partial charge in [-0.15, -0.1) is 0 Å². The van der Waals surface area contributed by atoms with Gasteiger partial charge in [0.2, 0.25) is 23.1 Å². The van der Waals surface area contributed by atoms with Crippen LogP contribution in [0.4, 0.5) is 29.2 Å². The number of nitrogens with one attached hydrogen (secondary N) is 2. The molecule has 1 fully saturated rings. The van der Waals surface area contributed by atoms with Crippen molar-refractivity contribution in [2.75, 3.05) is 56.1 Å². The van der Waals surface area contributed by atoms with Crippen LogP contribution in [-0.4, -0.2) is 155 Å². The van der Waals surface area contributed by atoms with E-state index in [1.807, 2.05) is 4.90 Å². The summed E-state index contributed by atoms with van der Waals surface area (Å²) < 4.78 is 84.8. The largest absolute Gasteiger partial charge is 0.467 e. The third-order valence-electron chi connectivity index (χ3n) is 6.39. The second-order valence-electron chi connectivity index (χ2n) is 9.50. The summed E-state index contributed by atoms with van der Waals surface area (Å²) in [7, 11) is -6.86. The SMILES string of the molecule is COc1nc(Cl)nc(Nc2ccc(C=Cc3ccc(Nc4nc(OC)nc(N5CCOCC5)n4)cc3S(=O)(=O)O)c(S(=O)(=O)O)c2)n1.[Na].[Na]. The van der Waals surface area contributed by atoms with E-state index in [4.69, 9.17) is 25.8 Å². The van der Waals surface area contributed by atoms with E-state index in [0.717, 1.165) is 12.1 Å². The summed E-state index contributed by atoms with van der Waals surface area (Å²) in [6, 6.07) is 7.81. The van der Waals surface area contributed by atoms with Crippen molar-refractivity contribution in [1.82, 2.24) is 29.9 Å². The standard InChI is InChI=1S/C26H26ClN9O9S2.2Na/c1-43-25-31-21(27)30-22(33-25)28-17-7-5-15(19(13-17)46(37,38)39)3-4-16-6-8-18(14-20(16)47(40,41)42)29-23-32-24(35-26(34-23)44-2)36-9-11-45-12-10-36;;/h3-8,13-14H,9-12H2,1-2H3,(H,37,38,39)(H,40,41,42)(H,28,30,31,33)(H,29,32,34,35);;. The molecule has 1 aliphatic rings. The number of nitrogens with zero attached hydrogens (tertiary/aromatic N) is 7. The number of hydrogen-bond acceptors (Lipinski definition) is 16. The Kier molecular flexibility index (Phi) is 14.5. The van der Waals surface area contributed by atoms with Gasteiger partial charge in [0, 0.05) is 83.6 Å². The summed E-state index contributed by atoms with van der Waals surface area (Å²) in [5, 5.41) is 5.44. The fraction of sp³-hybridized carbons (Fsp3) is 0.231. The number of halogens is 1. The molecule has 0 saturated carbocycles. The molecule has 250 valence electrons. The summed E-state index contributed by atoms with van der Waals surface area (Å²) in [6.45, 7) is 2.06. The molecule has 4 N–H and O–H groups in total. The maximum atomic E-state index is 12.4. The van der Waals surface area contributed by atoms with Crippen LogP contribution in [0.25, 0.3) is 12.2 Å². The van der Waals surface area contributed by atoms with Gasteiger partial charge in [0.25, 0.3) is 20.2 Å². The zero-order valence-corrected chi connectivity index (χ0v) is 32.9. The molecular weight excluding hydrogens is 728 g/mol. The second kappa shape index (κ2) is 17.5. The first-order valence-corrected chi connectivity index (χ1v) is 16.6. The molecule has 1 aliphatic heterocycles. The van der Waals surface area contributed by atoms with Crippen LogP contribution >= 0.6 is 11.6 Å². The van der Waals surface area contributed by atoms with Crippen LogP contribution in [0.2, 0.25) is 5.28 Å². The molecule has 0 atom stereocenters. The van der Waals surface area contributed by atoms with Gasteiger partial charge in [-0.2, -0.15) is 46.7 Å². The number of rotatable bonds is 11. The van der Waals surface area contributed by atoms with Crippen molar-refractivity contribution >= 4 is 132 Å². The molecule has 0 aliphatic carbocycles. The number of anilines is 5. The first-order valence-electron chi connectivity index (χ1n) is 13.4. The van der Waals surface area contributed by atoms with Gasteiger partial charge < -0.3 is 29.7 Å². The molecule has 5 rings (SSSR count). The Morgan fingerprint density at radius 2 is 1.22 bits per heavy atom. The van der Waals surface area contributed by atoms with Crippen LogP contribution in [-0.2, 0) is 25.0 Å². The van der Waals surface area contributed by atoms with Crippen molar-refractivity contribution in [3.05, 3.63) is 52.8 Å². The van der Waals surface area contributed by atoms with Gasteiger partial charge >= 0.3 is 12.0 Å². The van der Waals surface area contributed by atoms with E-state index >= 15 is 0 Å². The number of morpholine rings is 1. The maximum absolute atomic E-state index is 12.4. The van der Waals surface area contributed by atoms with Crippen LogP contribution < -0.4 is 25.0 Å². The van der Waals surface area contributed by atoms with Crippen molar-refractivity contribution in [2.24, 2.45) is 0 Å². The molecule has 2 aromatic carbocycles. The Morgan fingerprint density at radius 3 is 1.69 bits per heavy atom. The minimum absolute atomic E-state index is 0. The molecule has 1 saturated heterocycles. The number of aromatic nitrogens is 6. The van der Waals surface area contributed by atoms with E-state index in [0.29, 0.717) is 32.3 Å². The molecular formula is C26H26ClN9Na2O9S2. The molecule has 0 bridgehead atoms. The van der Waals surface area contributed by atoms with E-state index in [1.54, 1.807) is 0 Å². The Labute approximate surface area is 330 Å². The Morgan fingerprint density at radius 1 is 0.755 bits per heavy atom. The Hall–Kier alpha value is -2.73. The van der Waals surface area contributed by atoms with Gasteiger partial charge in [-0.3, -0.25) is 9.11 Å². The van der Waals surface area contributed by atoms with Crippen molar-refractivity contribution in [2.45, 2.75) is 9.79 Å². The maximum Gasteiger partial charge on any atom is 0.322 e. The molecule has 49 heavy (non-hydrogen) atoms. The molecule has 2 aromatic heterocycles. The average molecular weight is 754 g/mol. The van der Waals surface area contributed by atoms with Crippen LogP contribution in [0.1, 0.15) is 11.1 Å². The van der Waals surface area contributed by atoms with Gasteiger partial charge in [-0.05, 0) is 47.0 Å². The molecule has 0 amide bonds. The van der Waals surface area contributed by atoms with E-state index in [9.17, 15) is 25.9 Å². The molecule has 18 nitrogen and oxygen atoms in total. The molecule has 4 aromatic rings. The monoisotopic (exact) mass is 753 g/mol. The van der Waals surface area contributed by atoms with Gasteiger partial charge in [0.05, 0.1) is 27.4 Å². The van der Waals surface area contributed by atoms with E-state index < -0.39 is 30.0 Å². The quantitative estimate of drug-likeness (QED) is 0.0972. The number of benzene rings is 2. The normalized spacial score (nSPS) is 13.3. The van der Waals surface area contributed by atoms with E-state index in [2.05, 4.69) is 40.5 Å². The minimum atomic E-state index is -4.79. The first-order chi connectivity index (χ1) is 22.3. The number of hydrogen-bond donors (Lipinski definition) is 4. The van der Waals surface area contributed by atoms with Gasteiger partial charge in [0.1, 0.15) is 9.79 Å². The number of ether oxygens (including phenoxy) is 3. The minimum Gasteiger partial charge on any atom is -0.467 e. The van der Waals surface area contributed by atoms with E-state index in [1.165, 1.54) is 50.6 Å². The van der Waals surface area contributed by atoms with Crippen molar-refractivity contribution in [3.63, 3.8) is 0 Å². The van der Waals surface area contributed by atoms with Crippen LogP contribution in [0.15, 0.2) is 46.2 Å². The summed E-state index contributed by atoms with van der Waals surface area (Å²) in [6.07, 6.45) is 2.50. The predicted molar refractivity (Wildman–Crippen MR) is 180 cm³/mol. The summed E-state index contributed by atoms with van der Waals surface area (Å²) >= 11 is 5.86. The summed E-state index contributed by atoms with van der Waals surface area (Å²) in [5.41, 5.74) is 0.330. The van der Waals surface area contributed by atoms with Gasteiger partial charge in [0.15, 0.2) is 0 Å². The summed E-state index contributed by atoms with van der Waals surface area (Å²) in [5.74, 6) is 0.308. The van der Waals surface area contributed by atoms with Crippen LogP contribution in [0.3, 0.4) is 0 Å². The Balaban J connectivity index is 0.00000325. The molecule has 0 unspecified atom stereocenters. The smallest absolute Gasteiger partial charge is 0.322 e. The Bertz CT molecular complexity index is 2060. The van der Waals surface area contributed by atoms with Crippen LogP contribution in [0, 0.1) is 0 Å². The van der Waals surface area contributed by atoms with Gasteiger partial charge in [-0.1, -0.05) is 24.3 Å². The predicted octanol–water partition coefficient (Wildman–Crippen LogP) is 1.95. The third kappa shape index (κ3) is 10.9. The summed E-state index contributed by atoms with van der Waals surface area (Å²) in [4.78, 5) is 25.2. The van der Waals surface area contributed by atoms with Crippen molar-refractivity contribution in [1.29, 1.82) is 0 Å². The fourth-order valence-corrected chi connectivity index (χ4v) is 5.83. The second-order valence-corrected chi connectivity index (χ2v) is 12.6. The van der Waals surface area contributed by atoms with Gasteiger partial charge in [-0.25, -0.2) is 0 Å². The van der Waals surface area contributed by atoms with Crippen molar-refractivity contribution < 1.29 is 40.2 Å². The molecule has 2 radical (unpaired) electrons.